The molecule has 2 aromatic carbocycles. The Hall–Kier alpha value is -3.35. The molecular formula is C20H13F3N2O2. The highest BCUT2D eigenvalue weighted by Crippen LogP contribution is 2.39. The molecule has 1 fully saturated rings. The van der Waals surface area contributed by atoms with Crippen LogP contribution in [0.1, 0.15) is 23.3 Å². The molecule has 1 aliphatic rings. The Morgan fingerprint density at radius 3 is 2.52 bits per heavy atom. The molecule has 136 valence electrons. The van der Waals surface area contributed by atoms with E-state index in [0.717, 1.165) is 17.2 Å². The van der Waals surface area contributed by atoms with E-state index >= 15 is 0 Å². The highest BCUT2D eigenvalue weighted by Gasteiger charge is 2.39. The molecule has 2 heterocycles. The van der Waals surface area contributed by atoms with Crippen molar-refractivity contribution in [3.8, 4) is 11.1 Å². The Bertz CT molecular complexity index is 1010. The second-order valence-corrected chi connectivity index (χ2v) is 6.11. The van der Waals surface area contributed by atoms with Gasteiger partial charge in [-0.05, 0) is 23.3 Å². The van der Waals surface area contributed by atoms with Crippen LogP contribution in [0.25, 0.3) is 11.1 Å². The first kappa shape index (κ1) is 17.1. The van der Waals surface area contributed by atoms with Crippen LogP contribution >= 0.6 is 0 Å². The van der Waals surface area contributed by atoms with Gasteiger partial charge in [0.15, 0.2) is 17.7 Å². The molecule has 0 spiro atoms. The lowest BCUT2D eigenvalue weighted by Crippen LogP contribution is -2.20. The van der Waals surface area contributed by atoms with Gasteiger partial charge in [-0.1, -0.05) is 30.3 Å². The lowest BCUT2D eigenvalue weighted by molar-refractivity contribution is 0.129. The van der Waals surface area contributed by atoms with Gasteiger partial charge in [-0.2, -0.15) is 0 Å². The Morgan fingerprint density at radius 1 is 0.963 bits per heavy atom. The topological polar surface area (TPSA) is 51.2 Å². The lowest BCUT2D eigenvalue weighted by Gasteiger charge is -2.19. The molecule has 0 unspecified atom stereocenters. The van der Waals surface area contributed by atoms with Crippen molar-refractivity contribution in [2.45, 2.75) is 12.1 Å². The van der Waals surface area contributed by atoms with Crippen LogP contribution in [0.2, 0.25) is 0 Å². The van der Waals surface area contributed by atoms with Crippen LogP contribution in [-0.2, 0) is 4.74 Å². The fourth-order valence-electron chi connectivity index (χ4n) is 3.12. The van der Waals surface area contributed by atoms with Crippen molar-refractivity contribution in [3.63, 3.8) is 0 Å². The summed E-state index contributed by atoms with van der Waals surface area (Å²) in [7, 11) is 0. The van der Waals surface area contributed by atoms with Gasteiger partial charge in [-0.3, -0.25) is 4.98 Å². The first-order valence-electron chi connectivity index (χ1n) is 8.15. The number of hydrogen-bond acceptors (Lipinski definition) is 3. The number of benzene rings is 2. The van der Waals surface area contributed by atoms with Crippen molar-refractivity contribution >= 4 is 6.09 Å². The van der Waals surface area contributed by atoms with Crippen LogP contribution in [0.5, 0.6) is 0 Å². The minimum atomic E-state index is -1.34. The molecule has 0 radical (unpaired) electrons. The highest BCUT2D eigenvalue weighted by molar-refractivity contribution is 5.72. The number of carbonyl (C=O) groups is 1. The molecule has 2 atom stereocenters. The largest absolute Gasteiger partial charge is 0.439 e. The Balaban J connectivity index is 1.76. The molecule has 1 saturated heterocycles. The standard InChI is InChI=1S/C20H13F3N2O2/c21-14-7-15(17(23)16(22)8-14)19-18(25-20(26)27-19)13-6-12(9-24-10-13)11-4-2-1-3-5-11/h1-10,18-19H,(H,25,26)/t18-,19-/m1/s1. The van der Waals surface area contributed by atoms with Crippen LogP contribution in [0, 0.1) is 17.5 Å². The van der Waals surface area contributed by atoms with Gasteiger partial charge in [0.1, 0.15) is 11.9 Å². The number of alkyl carbamates (subject to hydrolysis) is 1. The number of nitrogens with zero attached hydrogens (tertiary/aromatic N) is 1. The van der Waals surface area contributed by atoms with Gasteiger partial charge >= 0.3 is 6.09 Å². The van der Waals surface area contributed by atoms with Crippen molar-refractivity contribution in [1.29, 1.82) is 0 Å². The number of hydrogen-bond donors (Lipinski definition) is 1. The Kier molecular flexibility index (Phi) is 4.27. The highest BCUT2D eigenvalue weighted by atomic mass is 19.2. The minimum Gasteiger partial charge on any atom is -0.439 e. The van der Waals surface area contributed by atoms with E-state index in [9.17, 15) is 18.0 Å². The molecular weight excluding hydrogens is 357 g/mol. The first-order valence-corrected chi connectivity index (χ1v) is 8.15. The number of amides is 1. The summed E-state index contributed by atoms with van der Waals surface area (Å²) >= 11 is 0. The van der Waals surface area contributed by atoms with Crippen molar-refractivity contribution in [2.75, 3.05) is 0 Å². The monoisotopic (exact) mass is 370 g/mol. The van der Waals surface area contributed by atoms with Crippen LogP contribution in [0.4, 0.5) is 18.0 Å². The van der Waals surface area contributed by atoms with Crippen molar-refractivity contribution < 1.29 is 22.7 Å². The number of ether oxygens (including phenoxy) is 1. The van der Waals surface area contributed by atoms with Crippen LogP contribution in [0.3, 0.4) is 0 Å². The maximum absolute atomic E-state index is 14.2. The summed E-state index contributed by atoms with van der Waals surface area (Å²) in [5.74, 6) is -3.56. The van der Waals surface area contributed by atoms with Gasteiger partial charge in [0.2, 0.25) is 0 Å². The fraction of sp³-hybridized carbons (Fsp3) is 0.100. The van der Waals surface area contributed by atoms with Crippen molar-refractivity contribution in [1.82, 2.24) is 10.3 Å². The second-order valence-electron chi connectivity index (χ2n) is 6.11. The summed E-state index contributed by atoms with van der Waals surface area (Å²) in [4.78, 5) is 16.0. The third-order valence-electron chi connectivity index (χ3n) is 4.36. The summed E-state index contributed by atoms with van der Waals surface area (Å²) in [6.45, 7) is 0. The summed E-state index contributed by atoms with van der Waals surface area (Å²) in [6, 6.07) is 11.6. The summed E-state index contributed by atoms with van der Waals surface area (Å²) in [5, 5.41) is 2.55. The molecule has 4 nitrogen and oxygen atoms in total. The maximum Gasteiger partial charge on any atom is 0.408 e. The van der Waals surface area contributed by atoms with Crippen LogP contribution in [-0.4, -0.2) is 11.1 Å². The first-order chi connectivity index (χ1) is 13.0. The van der Waals surface area contributed by atoms with Gasteiger partial charge in [-0.25, -0.2) is 18.0 Å². The van der Waals surface area contributed by atoms with Gasteiger partial charge in [0, 0.05) is 29.6 Å². The maximum atomic E-state index is 14.2. The quantitative estimate of drug-likeness (QED) is 0.681. The molecule has 1 amide bonds. The molecule has 0 saturated carbocycles. The van der Waals surface area contributed by atoms with Gasteiger partial charge in [0.05, 0.1) is 0 Å². The SMILES string of the molecule is O=C1N[C@H](c2cncc(-c3ccccc3)c2)[C@@H](c2cc(F)cc(F)c2F)O1. The lowest BCUT2D eigenvalue weighted by atomic mass is 9.95. The van der Waals surface area contributed by atoms with E-state index in [1.54, 1.807) is 12.3 Å². The van der Waals surface area contributed by atoms with Gasteiger partial charge in [-0.15, -0.1) is 0 Å². The number of carbonyl (C=O) groups excluding carboxylic acids is 1. The predicted octanol–water partition coefficient (Wildman–Crippen LogP) is 4.69. The number of aromatic nitrogens is 1. The zero-order valence-corrected chi connectivity index (χ0v) is 13.8. The molecule has 7 heteroatoms. The summed E-state index contributed by atoms with van der Waals surface area (Å²) in [5.41, 5.74) is 1.83. The van der Waals surface area contributed by atoms with E-state index in [1.165, 1.54) is 6.20 Å². The number of pyridine rings is 1. The number of rotatable bonds is 3. The smallest absolute Gasteiger partial charge is 0.408 e. The minimum absolute atomic E-state index is 0.374. The summed E-state index contributed by atoms with van der Waals surface area (Å²) in [6.07, 6.45) is 1.11. The fourth-order valence-corrected chi connectivity index (χ4v) is 3.12. The van der Waals surface area contributed by atoms with Crippen molar-refractivity contribution in [3.05, 3.63) is 89.5 Å². The van der Waals surface area contributed by atoms with E-state index in [-0.39, 0.29) is 5.56 Å². The second kappa shape index (κ2) is 6.75. The summed E-state index contributed by atoms with van der Waals surface area (Å²) < 4.78 is 46.5. The van der Waals surface area contributed by atoms with Crippen molar-refractivity contribution in [2.24, 2.45) is 0 Å². The van der Waals surface area contributed by atoms with E-state index in [2.05, 4.69) is 10.3 Å². The average Bonchev–Trinajstić information content (AvgIpc) is 3.07. The molecule has 1 N–H and O–H groups in total. The zero-order chi connectivity index (χ0) is 19.0. The number of halogens is 3. The predicted molar refractivity (Wildman–Crippen MR) is 91.1 cm³/mol. The number of nitrogens with one attached hydrogen (secondary N) is 1. The van der Waals surface area contributed by atoms with E-state index in [4.69, 9.17) is 4.74 Å². The molecule has 0 aliphatic carbocycles. The Morgan fingerprint density at radius 2 is 1.74 bits per heavy atom. The molecule has 27 heavy (non-hydrogen) atoms. The number of cyclic esters (lactones) is 1. The molecule has 3 aromatic rings. The molecule has 0 bridgehead atoms. The average molecular weight is 370 g/mol. The Labute approximate surface area is 152 Å². The third-order valence-corrected chi connectivity index (χ3v) is 4.36. The molecule has 1 aliphatic heterocycles. The van der Waals surface area contributed by atoms with Gasteiger partial charge in [0.25, 0.3) is 0 Å². The molecule has 1 aromatic heterocycles. The van der Waals surface area contributed by atoms with Crippen LogP contribution < -0.4 is 5.32 Å². The van der Waals surface area contributed by atoms with E-state index < -0.39 is 35.7 Å². The normalized spacial score (nSPS) is 18.9. The molecule has 4 rings (SSSR count). The third kappa shape index (κ3) is 3.23. The zero-order valence-electron chi connectivity index (χ0n) is 13.8. The van der Waals surface area contributed by atoms with E-state index in [1.807, 2.05) is 30.3 Å². The van der Waals surface area contributed by atoms with Crippen LogP contribution in [0.15, 0.2) is 60.9 Å². The van der Waals surface area contributed by atoms with Gasteiger partial charge < -0.3 is 10.1 Å². The van der Waals surface area contributed by atoms with E-state index in [0.29, 0.717) is 11.6 Å².